The van der Waals surface area contributed by atoms with E-state index in [0.717, 1.165) is 0 Å². The van der Waals surface area contributed by atoms with Gasteiger partial charge in [0.2, 0.25) is 0 Å². The summed E-state index contributed by atoms with van der Waals surface area (Å²) in [6.45, 7) is 10.3. The van der Waals surface area contributed by atoms with E-state index in [1.807, 2.05) is 12.2 Å². The van der Waals surface area contributed by atoms with Gasteiger partial charge in [-0.05, 0) is 32.3 Å². The van der Waals surface area contributed by atoms with E-state index in [1.165, 1.54) is 36.8 Å². The minimum absolute atomic E-state index is 1.21. The van der Waals surface area contributed by atoms with Gasteiger partial charge in [-0.25, -0.2) is 0 Å². The van der Waals surface area contributed by atoms with Crippen molar-refractivity contribution in [3.63, 3.8) is 0 Å². The van der Waals surface area contributed by atoms with Gasteiger partial charge in [-0.1, -0.05) is 50.1 Å². The molecule has 0 aliphatic rings. The van der Waals surface area contributed by atoms with E-state index in [4.69, 9.17) is 0 Å². The third kappa shape index (κ3) is 6.39. The summed E-state index contributed by atoms with van der Waals surface area (Å²) in [4.78, 5) is 0. The predicted molar refractivity (Wildman–Crippen MR) is 61.9 cm³/mol. The summed E-state index contributed by atoms with van der Waals surface area (Å²) in [5.41, 5.74) is 2.89. The van der Waals surface area contributed by atoms with Crippen molar-refractivity contribution in [2.24, 2.45) is 0 Å². The van der Waals surface area contributed by atoms with Crippen molar-refractivity contribution in [3.05, 3.63) is 36.0 Å². The molecule has 0 aromatic heterocycles. The minimum atomic E-state index is 1.21. The van der Waals surface area contributed by atoms with Crippen LogP contribution < -0.4 is 0 Å². The van der Waals surface area contributed by atoms with E-state index in [2.05, 4.69) is 33.4 Å². The molecule has 0 saturated heterocycles. The maximum atomic E-state index is 3.68. The number of allylic oxidation sites excluding steroid dienone is 5. The Morgan fingerprint density at radius 3 is 2.38 bits per heavy atom. The summed E-state index contributed by atoms with van der Waals surface area (Å²) >= 11 is 0. The SMILES string of the molecule is C=C/C=C\C(CCCCC)=C(C)C. The van der Waals surface area contributed by atoms with Crippen LogP contribution in [0.3, 0.4) is 0 Å². The quantitative estimate of drug-likeness (QED) is 0.410. The highest BCUT2D eigenvalue weighted by molar-refractivity contribution is 5.25. The molecule has 0 bridgehead atoms. The summed E-state index contributed by atoms with van der Waals surface area (Å²) in [5.74, 6) is 0. The highest BCUT2D eigenvalue weighted by Gasteiger charge is 1.94. The van der Waals surface area contributed by atoms with E-state index in [-0.39, 0.29) is 0 Å². The van der Waals surface area contributed by atoms with Crippen molar-refractivity contribution in [2.45, 2.75) is 46.5 Å². The third-order valence-electron chi connectivity index (χ3n) is 2.13. The van der Waals surface area contributed by atoms with Gasteiger partial charge in [0.15, 0.2) is 0 Å². The highest BCUT2D eigenvalue weighted by Crippen LogP contribution is 2.14. The van der Waals surface area contributed by atoms with E-state index < -0.39 is 0 Å². The zero-order chi connectivity index (χ0) is 10.1. The topological polar surface area (TPSA) is 0 Å². The fourth-order valence-corrected chi connectivity index (χ4v) is 1.25. The standard InChI is InChI=1S/C13H22/c1-5-7-9-11-13(12(3)4)10-8-6-2/h6,8,10H,2,5,7,9,11H2,1,3-4H3/b10-8-. The van der Waals surface area contributed by atoms with E-state index >= 15 is 0 Å². The molecule has 0 nitrogen and oxygen atoms in total. The Bertz CT molecular complexity index is 190. The molecule has 0 heteroatoms. The van der Waals surface area contributed by atoms with Gasteiger partial charge in [-0.2, -0.15) is 0 Å². The van der Waals surface area contributed by atoms with Crippen LogP contribution in [0.4, 0.5) is 0 Å². The van der Waals surface area contributed by atoms with Crippen LogP contribution in [-0.4, -0.2) is 0 Å². The van der Waals surface area contributed by atoms with Gasteiger partial charge in [0.05, 0.1) is 0 Å². The van der Waals surface area contributed by atoms with Crippen molar-refractivity contribution in [1.82, 2.24) is 0 Å². The molecule has 0 rings (SSSR count). The molecule has 0 aliphatic carbocycles. The first-order valence-electron chi connectivity index (χ1n) is 5.17. The van der Waals surface area contributed by atoms with Crippen molar-refractivity contribution in [1.29, 1.82) is 0 Å². The van der Waals surface area contributed by atoms with Gasteiger partial charge in [0, 0.05) is 0 Å². The van der Waals surface area contributed by atoms with Gasteiger partial charge in [-0.3, -0.25) is 0 Å². The largest absolute Gasteiger partial charge is 0.0991 e. The molecule has 0 amide bonds. The van der Waals surface area contributed by atoms with Crippen molar-refractivity contribution >= 4 is 0 Å². The van der Waals surface area contributed by atoms with Crippen LogP contribution in [0.2, 0.25) is 0 Å². The fraction of sp³-hybridized carbons (Fsp3) is 0.538. The molecule has 0 aromatic rings. The molecule has 0 atom stereocenters. The first kappa shape index (κ1) is 12.2. The van der Waals surface area contributed by atoms with Crippen LogP contribution in [0, 0.1) is 0 Å². The monoisotopic (exact) mass is 178 g/mol. The molecule has 0 aromatic carbocycles. The molecule has 0 N–H and O–H groups in total. The van der Waals surface area contributed by atoms with Crippen LogP contribution in [-0.2, 0) is 0 Å². The molecule has 0 fully saturated rings. The average Bonchev–Trinajstić information content (AvgIpc) is 2.10. The Morgan fingerprint density at radius 1 is 1.23 bits per heavy atom. The third-order valence-corrected chi connectivity index (χ3v) is 2.13. The molecule has 74 valence electrons. The zero-order valence-electron chi connectivity index (χ0n) is 9.27. The Balaban J connectivity index is 4.05. The maximum Gasteiger partial charge on any atom is -0.0280 e. The Hall–Kier alpha value is -0.780. The summed E-state index contributed by atoms with van der Waals surface area (Å²) < 4.78 is 0. The summed E-state index contributed by atoms with van der Waals surface area (Å²) in [5, 5.41) is 0. The first-order chi connectivity index (χ1) is 6.22. The summed E-state index contributed by atoms with van der Waals surface area (Å²) in [7, 11) is 0. The molecular formula is C13H22. The van der Waals surface area contributed by atoms with Gasteiger partial charge in [0.1, 0.15) is 0 Å². The van der Waals surface area contributed by atoms with Crippen molar-refractivity contribution < 1.29 is 0 Å². The second kappa shape index (κ2) is 7.85. The lowest BCUT2D eigenvalue weighted by Crippen LogP contribution is -1.83. The van der Waals surface area contributed by atoms with Crippen LogP contribution in [0.15, 0.2) is 36.0 Å². The Kier molecular flexibility index (Phi) is 7.38. The molecular weight excluding hydrogens is 156 g/mol. The molecule has 0 aliphatic heterocycles. The van der Waals surface area contributed by atoms with Crippen LogP contribution in [0.1, 0.15) is 46.5 Å². The molecule has 13 heavy (non-hydrogen) atoms. The Labute approximate surface area is 83.0 Å². The molecule has 0 spiro atoms. The van der Waals surface area contributed by atoms with E-state index in [1.54, 1.807) is 0 Å². The smallest absolute Gasteiger partial charge is 0.0280 e. The zero-order valence-corrected chi connectivity index (χ0v) is 9.27. The lowest BCUT2D eigenvalue weighted by Gasteiger charge is -2.03. The average molecular weight is 178 g/mol. The van der Waals surface area contributed by atoms with E-state index in [0.29, 0.717) is 0 Å². The van der Waals surface area contributed by atoms with Crippen molar-refractivity contribution in [2.75, 3.05) is 0 Å². The van der Waals surface area contributed by atoms with Gasteiger partial charge < -0.3 is 0 Å². The first-order valence-corrected chi connectivity index (χ1v) is 5.17. The number of rotatable bonds is 6. The summed E-state index contributed by atoms with van der Waals surface area (Å²) in [6, 6.07) is 0. The Morgan fingerprint density at radius 2 is 1.92 bits per heavy atom. The lowest BCUT2D eigenvalue weighted by molar-refractivity contribution is 0.716. The number of hydrogen-bond donors (Lipinski definition) is 0. The second-order valence-electron chi connectivity index (χ2n) is 3.58. The highest BCUT2D eigenvalue weighted by atomic mass is 14.0. The summed E-state index contributed by atoms with van der Waals surface area (Å²) in [6.07, 6.45) is 11.2. The predicted octanol–water partition coefficient (Wildman–Crippen LogP) is 4.65. The van der Waals surface area contributed by atoms with Gasteiger partial charge >= 0.3 is 0 Å². The van der Waals surface area contributed by atoms with Crippen LogP contribution in [0.5, 0.6) is 0 Å². The number of hydrogen-bond acceptors (Lipinski definition) is 0. The molecule has 0 radical (unpaired) electrons. The van der Waals surface area contributed by atoms with E-state index in [9.17, 15) is 0 Å². The molecule has 0 unspecified atom stereocenters. The van der Waals surface area contributed by atoms with Crippen LogP contribution >= 0.6 is 0 Å². The van der Waals surface area contributed by atoms with Crippen LogP contribution in [0.25, 0.3) is 0 Å². The van der Waals surface area contributed by atoms with Gasteiger partial charge in [-0.15, -0.1) is 0 Å². The number of unbranched alkanes of at least 4 members (excludes halogenated alkanes) is 2. The minimum Gasteiger partial charge on any atom is -0.0991 e. The fourth-order valence-electron chi connectivity index (χ4n) is 1.25. The van der Waals surface area contributed by atoms with Crippen molar-refractivity contribution in [3.8, 4) is 0 Å². The second-order valence-corrected chi connectivity index (χ2v) is 3.58. The van der Waals surface area contributed by atoms with Gasteiger partial charge in [0.25, 0.3) is 0 Å². The molecule has 0 saturated carbocycles. The normalized spacial score (nSPS) is 10.4. The lowest BCUT2D eigenvalue weighted by atomic mass is 10.0. The molecule has 0 heterocycles. The maximum absolute atomic E-state index is 3.68.